The molecule has 3 aliphatic rings. The Kier molecular flexibility index (Phi) is 11.7. The number of esters is 1. The van der Waals surface area contributed by atoms with Crippen molar-refractivity contribution in [2.75, 3.05) is 13.2 Å². The van der Waals surface area contributed by atoms with Crippen molar-refractivity contribution < 1.29 is 33.4 Å². The van der Waals surface area contributed by atoms with Gasteiger partial charge in [0, 0.05) is 18.4 Å². The van der Waals surface area contributed by atoms with Crippen molar-refractivity contribution in [1.82, 2.24) is 26.1 Å². The molecule has 1 saturated heterocycles. The first-order valence-corrected chi connectivity index (χ1v) is 17.5. The molecule has 2 aromatic rings. The summed E-state index contributed by atoms with van der Waals surface area (Å²) in [6.07, 6.45) is 5.54. The average Bonchev–Trinajstić information content (AvgIpc) is 3.08. The Balaban J connectivity index is 1.49. The minimum Gasteiger partial charge on any atom is -0.451 e. The van der Waals surface area contributed by atoms with Gasteiger partial charge in [-0.2, -0.15) is 0 Å². The van der Waals surface area contributed by atoms with E-state index >= 15 is 0 Å². The van der Waals surface area contributed by atoms with E-state index in [0.717, 1.165) is 16.5 Å². The van der Waals surface area contributed by atoms with Crippen LogP contribution in [-0.2, 0) is 33.4 Å². The maximum absolute atomic E-state index is 14.2. The summed E-state index contributed by atoms with van der Waals surface area (Å²) in [5, 5.41) is 7.60. The fourth-order valence-corrected chi connectivity index (χ4v) is 6.68. The Morgan fingerprint density at radius 2 is 1.76 bits per heavy atom. The number of hydrogen-bond donors (Lipinski definition) is 3. The summed E-state index contributed by atoms with van der Waals surface area (Å²) < 4.78 is 11.9. The van der Waals surface area contributed by atoms with Crippen molar-refractivity contribution in [2.45, 2.75) is 103 Å². The lowest BCUT2D eigenvalue weighted by Gasteiger charge is -2.37. The Labute approximate surface area is 291 Å². The molecular weight excluding hydrogens is 650 g/mol. The molecular formula is C36H46ClN5O7. The second kappa shape index (κ2) is 15.8. The lowest BCUT2D eigenvalue weighted by atomic mass is 9.72. The van der Waals surface area contributed by atoms with Crippen molar-refractivity contribution in [3.63, 3.8) is 0 Å². The third kappa shape index (κ3) is 8.84. The molecule has 5 rings (SSSR count). The lowest BCUT2D eigenvalue weighted by molar-refractivity contribution is -0.169. The van der Waals surface area contributed by atoms with Crippen LogP contribution < -0.4 is 16.1 Å². The van der Waals surface area contributed by atoms with Crippen LogP contribution in [0.5, 0.6) is 0 Å². The van der Waals surface area contributed by atoms with Gasteiger partial charge in [0.05, 0.1) is 35.4 Å². The molecule has 13 heteroatoms. The average molecular weight is 696 g/mol. The first-order chi connectivity index (χ1) is 23.3. The van der Waals surface area contributed by atoms with Crippen LogP contribution in [0.4, 0.5) is 0 Å². The maximum Gasteiger partial charge on any atom is 0.316 e. The first-order valence-electron chi connectivity index (χ1n) is 17.1. The van der Waals surface area contributed by atoms with Gasteiger partial charge in [-0.05, 0) is 87.6 Å². The molecule has 2 fully saturated rings. The van der Waals surface area contributed by atoms with E-state index in [4.69, 9.17) is 26.1 Å². The molecule has 49 heavy (non-hydrogen) atoms. The summed E-state index contributed by atoms with van der Waals surface area (Å²) in [6, 6.07) is 7.68. The van der Waals surface area contributed by atoms with E-state index in [1.165, 1.54) is 5.01 Å². The van der Waals surface area contributed by atoms with Gasteiger partial charge in [0.1, 0.15) is 12.1 Å². The molecule has 1 saturated carbocycles. The van der Waals surface area contributed by atoms with E-state index in [-0.39, 0.29) is 31.0 Å². The zero-order valence-corrected chi connectivity index (χ0v) is 29.3. The van der Waals surface area contributed by atoms with Crippen LogP contribution in [-0.4, -0.2) is 76.4 Å². The number of aromatic nitrogens is 1. The van der Waals surface area contributed by atoms with Crippen molar-refractivity contribution >= 4 is 57.5 Å². The molecule has 3 N–H and O–H groups in total. The highest BCUT2D eigenvalue weighted by Gasteiger charge is 2.44. The summed E-state index contributed by atoms with van der Waals surface area (Å²) >= 11 is 5.48. The molecule has 4 atom stereocenters. The highest BCUT2D eigenvalue weighted by atomic mass is 35.5. The van der Waals surface area contributed by atoms with E-state index in [2.05, 4.69) is 16.1 Å². The Morgan fingerprint density at radius 3 is 2.47 bits per heavy atom. The predicted molar refractivity (Wildman–Crippen MR) is 184 cm³/mol. The number of nitrogens with zero attached hydrogens (tertiary/aromatic N) is 2. The molecule has 12 nitrogen and oxygen atoms in total. The molecule has 1 aromatic carbocycles. The Bertz CT molecular complexity index is 1610. The van der Waals surface area contributed by atoms with Crippen molar-refractivity contribution in [3.8, 4) is 0 Å². The smallest absolute Gasteiger partial charge is 0.316 e. The standard InChI is InChI=1S/C36H46ClN5O7/c1-21(2)31-33(45)39-23(4)34(46)42-18-5-6-28(41-42)32(44)38-22(3)27-10-9-25-8-7-24(20-29(25)40-27)11-15-36(35(47)49-31)16-12-26(13-17-36)48-19-14-30(37)43/h7-11,15,20-23,26,28,31,41H,5-6,12-14,16-19H2,1-4H3,(H,38,44)(H,39,45)/b15-11+/t22-,23+,26-,28+,31+,36+/m1/s1. The number of hydrogen-bond acceptors (Lipinski definition) is 9. The number of rotatable bonds is 5. The van der Waals surface area contributed by atoms with Crippen LogP contribution in [0.3, 0.4) is 0 Å². The summed E-state index contributed by atoms with van der Waals surface area (Å²) in [5.74, 6) is -2.15. The zero-order chi connectivity index (χ0) is 35.3. The molecule has 5 bridgehead atoms. The second-order valence-corrected chi connectivity index (χ2v) is 14.1. The topological polar surface area (TPSA) is 156 Å². The molecule has 1 aliphatic carbocycles. The SMILES string of the molecule is CC(C)[C@@H]1OC(=O)[C@]2(/C=C/c3ccc4ccc(nc4c3)[C@@H](C)NC(=O)[C@@H]3CCCN(N3)C(=O)[C@H](C)NC1=O)CC[C@H](OCCC(=O)Cl)CC2. The fraction of sp³-hybridized carbons (Fsp3) is 0.556. The highest BCUT2D eigenvalue weighted by Crippen LogP contribution is 2.41. The number of hydrazine groups is 1. The highest BCUT2D eigenvalue weighted by molar-refractivity contribution is 6.63. The number of halogens is 1. The number of cyclic esters (lactones) is 1. The van der Waals surface area contributed by atoms with E-state index in [1.54, 1.807) is 20.8 Å². The Morgan fingerprint density at radius 1 is 1.04 bits per heavy atom. The van der Waals surface area contributed by atoms with Gasteiger partial charge in [-0.25, -0.2) is 5.43 Å². The maximum atomic E-state index is 14.2. The second-order valence-electron chi connectivity index (χ2n) is 13.7. The lowest BCUT2D eigenvalue weighted by Crippen LogP contribution is -2.61. The molecule has 0 radical (unpaired) electrons. The van der Waals surface area contributed by atoms with Crippen molar-refractivity contribution in [2.24, 2.45) is 11.3 Å². The van der Waals surface area contributed by atoms with E-state index in [0.29, 0.717) is 50.8 Å². The molecule has 3 amide bonds. The van der Waals surface area contributed by atoms with Gasteiger partial charge in [-0.1, -0.05) is 44.2 Å². The number of amides is 3. The number of carbonyl (C=O) groups excluding carboxylic acids is 5. The van der Waals surface area contributed by atoms with Gasteiger partial charge in [-0.3, -0.25) is 34.0 Å². The monoisotopic (exact) mass is 695 g/mol. The molecule has 1 spiro atoms. The molecule has 264 valence electrons. The van der Waals surface area contributed by atoms with Crippen LogP contribution in [0.1, 0.15) is 89.9 Å². The number of fused-ring (bicyclic) bond motifs is 4. The first kappa shape index (κ1) is 36.4. The number of pyridine rings is 1. The normalized spacial score (nSPS) is 29.4. The number of carbonyl (C=O) groups is 5. The third-order valence-electron chi connectivity index (χ3n) is 9.61. The molecule has 3 heterocycles. The van der Waals surface area contributed by atoms with E-state index in [1.807, 2.05) is 49.4 Å². The quantitative estimate of drug-likeness (QED) is 0.310. The van der Waals surface area contributed by atoms with E-state index < -0.39 is 52.7 Å². The number of nitrogens with one attached hydrogen (secondary N) is 3. The minimum absolute atomic E-state index is 0.106. The minimum atomic E-state index is -1.15. The number of benzene rings is 1. The van der Waals surface area contributed by atoms with Gasteiger partial charge in [-0.15, -0.1) is 0 Å². The van der Waals surface area contributed by atoms with Gasteiger partial charge in [0.15, 0.2) is 6.10 Å². The van der Waals surface area contributed by atoms with Gasteiger partial charge < -0.3 is 20.1 Å². The zero-order valence-electron chi connectivity index (χ0n) is 28.5. The fourth-order valence-electron chi connectivity index (χ4n) is 6.61. The van der Waals surface area contributed by atoms with Crippen LogP contribution >= 0.6 is 11.6 Å². The molecule has 1 aromatic heterocycles. The summed E-state index contributed by atoms with van der Waals surface area (Å²) in [6.45, 7) is 7.57. The summed E-state index contributed by atoms with van der Waals surface area (Å²) in [4.78, 5) is 70.5. The van der Waals surface area contributed by atoms with Crippen LogP contribution in [0.2, 0.25) is 0 Å². The van der Waals surface area contributed by atoms with Crippen LogP contribution in [0.25, 0.3) is 17.0 Å². The van der Waals surface area contributed by atoms with Crippen molar-refractivity contribution in [1.29, 1.82) is 0 Å². The largest absolute Gasteiger partial charge is 0.451 e. The summed E-state index contributed by atoms with van der Waals surface area (Å²) in [7, 11) is 0. The molecule has 2 aliphatic heterocycles. The molecule has 0 unspecified atom stereocenters. The van der Waals surface area contributed by atoms with Crippen molar-refractivity contribution in [3.05, 3.63) is 47.7 Å². The van der Waals surface area contributed by atoms with Gasteiger partial charge in [0.25, 0.3) is 11.8 Å². The van der Waals surface area contributed by atoms with E-state index in [9.17, 15) is 24.0 Å². The predicted octanol–water partition coefficient (Wildman–Crippen LogP) is 4.11. The Hall–Kier alpha value is -3.87. The van der Waals surface area contributed by atoms with Gasteiger partial charge >= 0.3 is 5.97 Å². The number of ether oxygens (including phenoxy) is 2. The van der Waals surface area contributed by atoms with Crippen LogP contribution in [0.15, 0.2) is 36.4 Å². The third-order valence-corrected chi connectivity index (χ3v) is 9.80. The summed E-state index contributed by atoms with van der Waals surface area (Å²) in [5.41, 5.74) is 4.22. The van der Waals surface area contributed by atoms with Crippen LogP contribution in [0, 0.1) is 11.3 Å². The van der Waals surface area contributed by atoms with Gasteiger partial charge in [0.2, 0.25) is 11.1 Å².